The molecule has 0 aromatic carbocycles. The molecule has 110 valence electrons. The van der Waals surface area contributed by atoms with Crippen LogP contribution in [0.5, 0.6) is 0 Å². The number of carboxylic acids is 1. The third kappa shape index (κ3) is 5.21. The number of amides is 1. The molecule has 1 aliphatic rings. The lowest BCUT2D eigenvalue weighted by molar-refractivity contribution is -0.150. The van der Waals surface area contributed by atoms with Crippen LogP contribution in [0.25, 0.3) is 0 Å². The Bertz CT molecular complexity index is 298. The van der Waals surface area contributed by atoms with Gasteiger partial charge < -0.3 is 10.0 Å². The average Bonchev–Trinajstić information content (AvgIpc) is 2.40. The van der Waals surface area contributed by atoms with Crippen molar-refractivity contribution in [1.29, 1.82) is 0 Å². The van der Waals surface area contributed by atoms with Gasteiger partial charge in [0.1, 0.15) is 5.92 Å². The van der Waals surface area contributed by atoms with Gasteiger partial charge in [-0.15, -0.1) is 0 Å². The first kappa shape index (κ1) is 16.0. The number of hydrogen-bond donors (Lipinski definition) is 1. The Morgan fingerprint density at radius 2 is 1.89 bits per heavy atom. The molecule has 0 radical (unpaired) electrons. The van der Waals surface area contributed by atoms with E-state index in [1.807, 2.05) is 0 Å². The van der Waals surface area contributed by atoms with Crippen molar-refractivity contribution in [3.8, 4) is 0 Å². The second-order valence-corrected chi connectivity index (χ2v) is 5.71. The van der Waals surface area contributed by atoms with Gasteiger partial charge >= 0.3 is 5.97 Å². The standard InChI is InChI=1S/C15H27NO3/c1-3-13(15(18)19)14(17)16(2)11-7-10-12-8-5-4-6-9-12/h12-13H,3-11H2,1-2H3,(H,18,19). The van der Waals surface area contributed by atoms with Crippen LogP contribution in [0.1, 0.15) is 58.3 Å². The van der Waals surface area contributed by atoms with Gasteiger partial charge in [-0.1, -0.05) is 39.0 Å². The van der Waals surface area contributed by atoms with Gasteiger partial charge in [0, 0.05) is 13.6 Å². The van der Waals surface area contributed by atoms with Crippen molar-refractivity contribution in [3.63, 3.8) is 0 Å². The maximum absolute atomic E-state index is 11.9. The summed E-state index contributed by atoms with van der Waals surface area (Å²) in [6.45, 7) is 2.42. The van der Waals surface area contributed by atoms with Crippen LogP contribution in [0.15, 0.2) is 0 Å². The molecular weight excluding hydrogens is 242 g/mol. The van der Waals surface area contributed by atoms with E-state index in [2.05, 4.69) is 0 Å². The molecule has 0 aromatic rings. The van der Waals surface area contributed by atoms with Gasteiger partial charge in [0.05, 0.1) is 0 Å². The van der Waals surface area contributed by atoms with Crippen LogP contribution in [0, 0.1) is 11.8 Å². The van der Waals surface area contributed by atoms with Crippen LogP contribution in [0.3, 0.4) is 0 Å². The molecule has 4 heteroatoms. The summed E-state index contributed by atoms with van der Waals surface area (Å²) in [6, 6.07) is 0. The smallest absolute Gasteiger partial charge is 0.316 e. The Labute approximate surface area is 116 Å². The lowest BCUT2D eigenvalue weighted by Crippen LogP contribution is -2.37. The van der Waals surface area contributed by atoms with E-state index in [4.69, 9.17) is 5.11 Å². The SMILES string of the molecule is CCC(C(=O)O)C(=O)N(C)CCCC1CCCCC1. The van der Waals surface area contributed by atoms with Crippen molar-refractivity contribution in [3.05, 3.63) is 0 Å². The number of nitrogens with zero attached hydrogens (tertiary/aromatic N) is 1. The van der Waals surface area contributed by atoms with E-state index < -0.39 is 11.9 Å². The lowest BCUT2D eigenvalue weighted by Gasteiger charge is -2.24. The van der Waals surface area contributed by atoms with E-state index in [9.17, 15) is 9.59 Å². The minimum absolute atomic E-state index is 0.251. The highest BCUT2D eigenvalue weighted by Crippen LogP contribution is 2.27. The van der Waals surface area contributed by atoms with Crippen molar-refractivity contribution < 1.29 is 14.7 Å². The highest BCUT2D eigenvalue weighted by Gasteiger charge is 2.26. The van der Waals surface area contributed by atoms with E-state index in [0.29, 0.717) is 13.0 Å². The summed E-state index contributed by atoms with van der Waals surface area (Å²) in [4.78, 5) is 24.5. The fraction of sp³-hybridized carbons (Fsp3) is 0.867. The zero-order valence-electron chi connectivity index (χ0n) is 12.2. The van der Waals surface area contributed by atoms with Gasteiger partial charge in [-0.3, -0.25) is 9.59 Å². The summed E-state index contributed by atoms with van der Waals surface area (Å²) in [6.07, 6.45) is 9.22. The summed E-state index contributed by atoms with van der Waals surface area (Å²) in [5.74, 6) is -1.32. The minimum Gasteiger partial charge on any atom is -0.481 e. The summed E-state index contributed by atoms with van der Waals surface area (Å²) < 4.78 is 0. The summed E-state index contributed by atoms with van der Waals surface area (Å²) in [7, 11) is 1.72. The second-order valence-electron chi connectivity index (χ2n) is 5.71. The molecule has 4 nitrogen and oxygen atoms in total. The summed E-state index contributed by atoms with van der Waals surface area (Å²) in [5, 5.41) is 8.97. The molecule has 0 aliphatic heterocycles. The molecule has 1 atom stereocenters. The molecule has 1 saturated carbocycles. The molecule has 0 bridgehead atoms. The fourth-order valence-corrected chi connectivity index (χ4v) is 2.92. The van der Waals surface area contributed by atoms with Gasteiger partial charge in [0.25, 0.3) is 0 Å². The van der Waals surface area contributed by atoms with E-state index in [1.165, 1.54) is 38.5 Å². The number of rotatable bonds is 7. The average molecular weight is 269 g/mol. The number of carboxylic acid groups (broad SMARTS) is 1. The third-order valence-electron chi connectivity index (χ3n) is 4.21. The Kier molecular flexibility index (Phi) is 6.89. The van der Waals surface area contributed by atoms with Crippen LogP contribution in [-0.2, 0) is 9.59 Å². The topological polar surface area (TPSA) is 57.6 Å². The first-order valence-corrected chi connectivity index (χ1v) is 7.54. The van der Waals surface area contributed by atoms with Crippen molar-refractivity contribution in [2.75, 3.05) is 13.6 Å². The van der Waals surface area contributed by atoms with E-state index >= 15 is 0 Å². The molecule has 1 fully saturated rings. The number of aliphatic carboxylic acids is 1. The van der Waals surface area contributed by atoms with Gasteiger partial charge in [0.2, 0.25) is 5.91 Å². The Balaban J connectivity index is 2.27. The van der Waals surface area contributed by atoms with Crippen LogP contribution < -0.4 is 0 Å². The molecule has 0 heterocycles. The lowest BCUT2D eigenvalue weighted by atomic mass is 9.86. The molecular formula is C15H27NO3. The van der Waals surface area contributed by atoms with Crippen molar-refractivity contribution in [2.24, 2.45) is 11.8 Å². The van der Waals surface area contributed by atoms with Gasteiger partial charge in [-0.25, -0.2) is 0 Å². The number of carbonyl (C=O) groups is 2. The number of carbonyl (C=O) groups excluding carboxylic acids is 1. The predicted octanol–water partition coefficient (Wildman–Crippen LogP) is 2.92. The molecule has 1 aliphatic carbocycles. The molecule has 1 amide bonds. The summed E-state index contributed by atoms with van der Waals surface area (Å²) in [5.41, 5.74) is 0. The Morgan fingerprint density at radius 3 is 2.42 bits per heavy atom. The maximum atomic E-state index is 11.9. The normalized spacial score (nSPS) is 18.0. The van der Waals surface area contributed by atoms with Crippen LogP contribution in [0.4, 0.5) is 0 Å². The van der Waals surface area contributed by atoms with Gasteiger partial charge in [0.15, 0.2) is 0 Å². The van der Waals surface area contributed by atoms with Crippen molar-refractivity contribution in [1.82, 2.24) is 4.90 Å². The largest absolute Gasteiger partial charge is 0.481 e. The van der Waals surface area contributed by atoms with Crippen LogP contribution in [-0.4, -0.2) is 35.5 Å². The molecule has 1 rings (SSSR count). The quantitative estimate of drug-likeness (QED) is 0.723. The zero-order chi connectivity index (χ0) is 14.3. The number of hydrogen-bond acceptors (Lipinski definition) is 2. The van der Waals surface area contributed by atoms with E-state index in [1.54, 1.807) is 18.9 Å². The molecule has 1 N–H and O–H groups in total. The first-order valence-electron chi connectivity index (χ1n) is 7.54. The minimum atomic E-state index is -1.01. The highest BCUT2D eigenvalue weighted by molar-refractivity contribution is 5.96. The van der Waals surface area contributed by atoms with Gasteiger partial charge in [-0.05, 0) is 25.2 Å². The predicted molar refractivity (Wildman–Crippen MR) is 74.9 cm³/mol. The highest BCUT2D eigenvalue weighted by atomic mass is 16.4. The molecule has 0 aromatic heterocycles. The first-order chi connectivity index (χ1) is 9.06. The van der Waals surface area contributed by atoms with Gasteiger partial charge in [-0.2, -0.15) is 0 Å². The van der Waals surface area contributed by atoms with Crippen molar-refractivity contribution in [2.45, 2.75) is 58.3 Å². The van der Waals surface area contributed by atoms with Crippen LogP contribution in [0.2, 0.25) is 0 Å². The molecule has 0 spiro atoms. The Hall–Kier alpha value is -1.06. The van der Waals surface area contributed by atoms with Crippen LogP contribution >= 0.6 is 0 Å². The zero-order valence-corrected chi connectivity index (χ0v) is 12.2. The monoisotopic (exact) mass is 269 g/mol. The second kappa shape index (κ2) is 8.18. The molecule has 1 unspecified atom stereocenters. The van der Waals surface area contributed by atoms with Crippen molar-refractivity contribution >= 4 is 11.9 Å². The van der Waals surface area contributed by atoms with E-state index in [0.717, 1.165) is 12.3 Å². The van der Waals surface area contributed by atoms with E-state index in [-0.39, 0.29) is 5.91 Å². The fourth-order valence-electron chi connectivity index (χ4n) is 2.92. The maximum Gasteiger partial charge on any atom is 0.316 e. The molecule has 19 heavy (non-hydrogen) atoms. The summed E-state index contributed by atoms with van der Waals surface area (Å²) >= 11 is 0. The Morgan fingerprint density at radius 1 is 1.26 bits per heavy atom. The third-order valence-corrected chi connectivity index (χ3v) is 4.21. The molecule has 0 saturated heterocycles.